The molecule has 26 heavy (non-hydrogen) atoms. The number of hydrogen-bond acceptors (Lipinski definition) is 4. The molecule has 1 aliphatic heterocycles. The van der Waals surface area contributed by atoms with Gasteiger partial charge in [-0.2, -0.15) is 5.10 Å². The summed E-state index contributed by atoms with van der Waals surface area (Å²) in [4.78, 5) is 19.5. The molecule has 1 amide bonds. The minimum absolute atomic E-state index is 0.0449. The molecule has 0 aliphatic carbocycles. The van der Waals surface area contributed by atoms with Crippen LogP contribution >= 0.6 is 0 Å². The Bertz CT molecular complexity index is 940. The molecule has 1 saturated heterocycles. The molecule has 0 spiro atoms. The number of aromatic nitrogens is 3. The highest BCUT2D eigenvalue weighted by atomic mass is 16.1. The molecule has 6 nitrogen and oxygen atoms in total. The third-order valence-electron chi connectivity index (χ3n) is 4.98. The van der Waals surface area contributed by atoms with E-state index in [4.69, 9.17) is 4.98 Å². The molecule has 4 rings (SSSR count). The summed E-state index contributed by atoms with van der Waals surface area (Å²) in [6.45, 7) is 3.90. The number of pyridine rings is 1. The second-order valence-electron chi connectivity index (χ2n) is 6.96. The van der Waals surface area contributed by atoms with Crippen LogP contribution in [0.1, 0.15) is 28.8 Å². The van der Waals surface area contributed by atoms with Crippen molar-refractivity contribution in [3.63, 3.8) is 0 Å². The van der Waals surface area contributed by atoms with E-state index in [1.54, 1.807) is 17.1 Å². The van der Waals surface area contributed by atoms with Crippen LogP contribution < -0.4 is 10.2 Å². The molecular weight excluding hydrogens is 326 g/mol. The summed E-state index contributed by atoms with van der Waals surface area (Å²) in [7, 11) is 1.81. The van der Waals surface area contributed by atoms with Crippen LogP contribution in [0, 0.1) is 6.92 Å². The average molecular weight is 349 g/mol. The van der Waals surface area contributed by atoms with Crippen LogP contribution in [0.25, 0.3) is 10.9 Å². The molecule has 1 fully saturated rings. The molecule has 1 aliphatic rings. The van der Waals surface area contributed by atoms with Crippen molar-refractivity contribution in [2.75, 3.05) is 18.0 Å². The Labute approximate surface area is 152 Å². The number of nitrogens with zero attached hydrogens (tertiary/aromatic N) is 4. The number of fused-ring (bicyclic) bond motifs is 1. The smallest absolute Gasteiger partial charge is 0.254 e. The van der Waals surface area contributed by atoms with Crippen molar-refractivity contribution in [3.05, 3.63) is 53.9 Å². The van der Waals surface area contributed by atoms with E-state index in [0.717, 1.165) is 37.3 Å². The minimum atomic E-state index is -0.0449. The van der Waals surface area contributed by atoms with Crippen molar-refractivity contribution in [2.24, 2.45) is 7.05 Å². The molecule has 0 unspecified atom stereocenters. The largest absolute Gasteiger partial charge is 0.356 e. The summed E-state index contributed by atoms with van der Waals surface area (Å²) in [5.41, 5.74) is 2.84. The van der Waals surface area contributed by atoms with Gasteiger partial charge in [-0.1, -0.05) is 18.2 Å². The van der Waals surface area contributed by atoms with Gasteiger partial charge in [-0.3, -0.25) is 9.48 Å². The van der Waals surface area contributed by atoms with Crippen molar-refractivity contribution < 1.29 is 4.79 Å². The normalized spacial score (nSPS) is 15.4. The maximum atomic E-state index is 12.3. The van der Waals surface area contributed by atoms with Crippen molar-refractivity contribution in [2.45, 2.75) is 25.8 Å². The Morgan fingerprint density at radius 3 is 2.73 bits per heavy atom. The van der Waals surface area contributed by atoms with Gasteiger partial charge in [0, 0.05) is 37.8 Å². The molecule has 0 bridgehead atoms. The number of amides is 1. The van der Waals surface area contributed by atoms with E-state index < -0.39 is 0 Å². The van der Waals surface area contributed by atoms with E-state index in [1.807, 2.05) is 19.2 Å². The molecule has 3 heterocycles. The Balaban J connectivity index is 1.42. The molecule has 1 N–H and O–H groups in total. The third kappa shape index (κ3) is 3.27. The van der Waals surface area contributed by atoms with Crippen LogP contribution in [0.2, 0.25) is 0 Å². The van der Waals surface area contributed by atoms with E-state index >= 15 is 0 Å². The second kappa shape index (κ2) is 6.78. The fourth-order valence-corrected chi connectivity index (χ4v) is 3.57. The molecule has 0 saturated carbocycles. The lowest BCUT2D eigenvalue weighted by molar-refractivity contribution is 0.0931. The van der Waals surface area contributed by atoms with Gasteiger partial charge in [0.05, 0.1) is 17.3 Å². The molecule has 134 valence electrons. The first-order chi connectivity index (χ1) is 12.6. The summed E-state index contributed by atoms with van der Waals surface area (Å²) in [6.07, 6.45) is 5.18. The van der Waals surface area contributed by atoms with Gasteiger partial charge in [0.25, 0.3) is 5.91 Å². The van der Waals surface area contributed by atoms with Crippen LogP contribution in [0.5, 0.6) is 0 Å². The number of nitrogens with one attached hydrogen (secondary N) is 1. The Kier molecular flexibility index (Phi) is 4.32. The van der Waals surface area contributed by atoms with Crippen LogP contribution in [-0.4, -0.2) is 39.8 Å². The van der Waals surface area contributed by atoms with Gasteiger partial charge in [-0.05, 0) is 37.5 Å². The summed E-state index contributed by atoms with van der Waals surface area (Å²) in [6, 6.07) is 10.6. The molecule has 0 radical (unpaired) electrons. The number of benzene rings is 1. The molecule has 2 aromatic heterocycles. The quantitative estimate of drug-likeness (QED) is 0.790. The van der Waals surface area contributed by atoms with E-state index in [2.05, 4.69) is 40.4 Å². The van der Waals surface area contributed by atoms with E-state index in [1.165, 1.54) is 10.9 Å². The second-order valence-corrected chi connectivity index (χ2v) is 6.96. The fourth-order valence-electron chi connectivity index (χ4n) is 3.57. The third-order valence-corrected chi connectivity index (χ3v) is 4.98. The number of hydrogen-bond donors (Lipinski definition) is 1. The van der Waals surface area contributed by atoms with Gasteiger partial charge in [-0.25, -0.2) is 4.98 Å². The van der Waals surface area contributed by atoms with Crippen molar-refractivity contribution in [3.8, 4) is 0 Å². The lowest BCUT2D eigenvalue weighted by atomic mass is 10.0. The zero-order valence-corrected chi connectivity index (χ0v) is 15.1. The van der Waals surface area contributed by atoms with E-state index in [0.29, 0.717) is 5.56 Å². The van der Waals surface area contributed by atoms with E-state index in [-0.39, 0.29) is 11.9 Å². The number of aryl methyl sites for hydroxylation is 2. The van der Waals surface area contributed by atoms with Crippen LogP contribution in [0.3, 0.4) is 0 Å². The number of para-hydroxylation sites is 1. The van der Waals surface area contributed by atoms with Gasteiger partial charge in [0.15, 0.2) is 0 Å². The van der Waals surface area contributed by atoms with Crippen molar-refractivity contribution in [1.29, 1.82) is 0 Å². The number of piperidine rings is 1. The van der Waals surface area contributed by atoms with Crippen molar-refractivity contribution >= 4 is 22.6 Å². The Morgan fingerprint density at radius 2 is 2.00 bits per heavy atom. The van der Waals surface area contributed by atoms with Crippen LogP contribution in [-0.2, 0) is 7.05 Å². The zero-order chi connectivity index (χ0) is 18.1. The number of carbonyl (C=O) groups excluding carboxylic acids is 1. The summed E-state index contributed by atoms with van der Waals surface area (Å²) in [5.74, 6) is 1.01. The lowest BCUT2D eigenvalue weighted by Crippen LogP contribution is -2.45. The molecule has 1 aromatic carbocycles. The highest BCUT2D eigenvalue weighted by Crippen LogP contribution is 2.25. The Hall–Kier alpha value is -2.89. The molecule has 0 atom stereocenters. The van der Waals surface area contributed by atoms with Gasteiger partial charge in [-0.15, -0.1) is 0 Å². The predicted molar refractivity (Wildman–Crippen MR) is 102 cm³/mol. The van der Waals surface area contributed by atoms with Crippen LogP contribution in [0.15, 0.2) is 42.7 Å². The maximum absolute atomic E-state index is 12.3. The zero-order valence-electron chi connectivity index (χ0n) is 15.1. The maximum Gasteiger partial charge on any atom is 0.254 e. The number of carbonyl (C=O) groups is 1. The number of anilines is 1. The molecular formula is C20H23N5O. The summed E-state index contributed by atoms with van der Waals surface area (Å²) >= 11 is 0. The Morgan fingerprint density at radius 1 is 1.23 bits per heavy atom. The van der Waals surface area contributed by atoms with Gasteiger partial charge in [0.2, 0.25) is 0 Å². The van der Waals surface area contributed by atoms with Gasteiger partial charge in [0.1, 0.15) is 5.82 Å². The SMILES string of the molecule is Cc1cc2ccccc2nc1N1CCC(NC(=O)c2cnn(C)c2)CC1. The molecule has 3 aromatic rings. The highest BCUT2D eigenvalue weighted by Gasteiger charge is 2.23. The first kappa shape index (κ1) is 16.6. The average Bonchev–Trinajstić information content (AvgIpc) is 3.08. The van der Waals surface area contributed by atoms with Crippen molar-refractivity contribution in [1.82, 2.24) is 20.1 Å². The minimum Gasteiger partial charge on any atom is -0.356 e. The first-order valence-electron chi connectivity index (χ1n) is 9.01. The topological polar surface area (TPSA) is 63.1 Å². The van der Waals surface area contributed by atoms with Crippen LogP contribution in [0.4, 0.5) is 5.82 Å². The monoisotopic (exact) mass is 349 g/mol. The standard InChI is InChI=1S/C20H23N5O/c1-14-11-15-5-3-4-6-18(15)23-19(14)25-9-7-17(8-10-25)22-20(26)16-12-21-24(2)13-16/h3-6,11-13,17H,7-10H2,1-2H3,(H,22,26). The summed E-state index contributed by atoms with van der Waals surface area (Å²) < 4.78 is 1.64. The molecule has 6 heteroatoms. The summed E-state index contributed by atoms with van der Waals surface area (Å²) in [5, 5.41) is 8.36. The van der Waals surface area contributed by atoms with E-state index in [9.17, 15) is 4.79 Å². The highest BCUT2D eigenvalue weighted by molar-refractivity contribution is 5.93. The predicted octanol–water partition coefficient (Wildman–Crippen LogP) is 2.68. The fraction of sp³-hybridized carbons (Fsp3) is 0.350. The first-order valence-corrected chi connectivity index (χ1v) is 9.01. The lowest BCUT2D eigenvalue weighted by Gasteiger charge is -2.34. The van der Waals surface area contributed by atoms with Gasteiger partial charge >= 0.3 is 0 Å². The van der Waals surface area contributed by atoms with Gasteiger partial charge < -0.3 is 10.2 Å². The number of rotatable bonds is 3.